The second-order valence-corrected chi connectivity index (χ2v) is 10.9. The molecule has 12 nitrogen and oxygen atoms in total. The standard InChI is InChI=1S/C33H43F4N5O7S/c1-22(2)27-28(34)30(36)31(37)32(29(27)35)49-26(44)10-13-45-15-17-47-19-20-48-18-16-46-14-12-39-21-24(42-38)5-3-4-11-40-33(50)41-23-6-8-25(43)9-7-23/h6-9,21,38-39,43H,1,3-5,10-20H2,2H3,(H2,40,41,50)/b24-21-,42-38?. The number of phenolic OH excluding ortho intramolecular Hbond substituents is 1. The summed E-state index contributed by atoms with van der Waals surface area (Å²) in [4.78, 5) is 11.9. The lowest BCUT2D eigenvalue weighted by Crippen LogP contribution is -2.29. The molecule has 0 bridgehead atoms. The Balaban J connectivity index is 1.40. The van der Waals surface area contributed by atoms with Gasteiger partial charge in [-0.05, 0) is 68.2 Å². The van der Waals surface area contributed by atoms with Crippen LogP contribution in [0.4, 0.5) is 23.2 Å². The molecule has 0 amide bonds. The van der Waals surface area contributed by atoms with Crippen molar-refractivity contribution in [2.24, 2.45) is 5.11 Å². The predicted molar refractivity (Wildman–Crippen MR) is 182 cm³/mol. The van der Waals surface area contributed by atoms with Gasteiger partial charge in [-0.3, -0.25) is 4.79 Å². The van der Waals surface area contributed by atoms with E-state index in [4.69, 9.17) is 36.7 Å². The van der Waals surface area contributed by atoms with E-state index >= 15 is 0 Å². The molecule has 5 N–H and O–H groups in total. The number of unbranched alkanes of at least 4 members (excludes halogenated alkanes) is 1. The van der Waals surface area contributed by atoms with Crippen LogP contribution in [-0.4, -0.2) is 82.1 Å². The molecule has 2 aromatic rings. The van der Waals surface area contributed by atoms with Gasteiger partial charge in [-0.25, -0.2) is 18.7 Å². The number of esters is 1. The van der Waals surface area contributed by atoms with Gasteiger partial charge in [-0.2, -0.15) is 9.50 Å². The van der Waals surface area contributed by atoms with E-state index in [1.54, 1.807) is 30.5 Å². The summed E-state index contributed by atoms with van der Waals surface area (Å²) in [5, 5.41) is 22.6. The fourth-order valence-corrected chi connectivity index (χ4v) is 4.21. The highest BCUT2D eigenvalue weighted by Crippen LogP contribution is 2.33. The Bertz CT molecular complexity index is 1430. The number of phenols is 1. The van der Waals surface area contributed by atoms with E-state index in [2.05, 4.69) is 32.4 Å². The second-order valence-electron chi connectivity index (χ2n) is 10.5. The van der Waals surface area contributed by atoms with Crippen molar-refractivity contribution in [1.29, 1.82) is 5.53 Å². The van der Waals surface area contributed by atoms with E-state index in [9.17, 15) is 27.5 Å². The monoisotopic (exact) mass is 729 g/mol. The number of halogens is 4. The first-order valence-electron chi connectivity index (χ1n) is 15.7. The molecule has 0 aliphatic carbocycles. The number of anilines is 1. The first kappa shape index (κ1) is 42.0. The Labute approximate surface area is 293 Å². The number of hydrogen-bond acceptors (Lipinski definition) is 11. The summed E-state index contributed by atoms with van der Waals surface area (Å²) in [6, 6.07) is 6.60. The lowest BCUT2D eigenvalue weighted by atomic mass is 10.1. The number of nitrogens with zero attached hydrogens (tertiary/aromatic N) is 1. The van der Waals surface area contributed by atoms with Crippen LogP contribution in [0.25, 0.3) is 5.57 Å². The zero-order valence-electron chi connectivity index (χ0n) is 27.8. The molecule has 0 spiro atoms. The normalized spacial score (nSPS) is 11.3. The molecule has 0 saturated carbocycles. The van der Waals surface area contributed by atoms with Gasteiger partial charge in [0.25, 0.3) is 0 Å². The number of carbonyl (C=O) groups excluding carboxylic acids is 1. The molecular weight excluding hydrogens is 686 g/mol. The molecule has 0 saturated heterocycles. The maximum absolute atomic E-state index is 14.4. The quantitative estimate of drug-likeness (QED) is 0.00946. The third-order valence-corrected chi connectivity index (χ3v) is 6.75. The van der Waals surface area contributed by atoms with E-state index in [-0.39, 0.29) is 37.8 Å². The molecule has 2 aromatic carbocycles. The van der Waals surface area contributed by atoms with Crippen LogP contribution in [0.2, 0.25) is 0 Å². The molecule has 17 heteroatoms. The van der Waals surface area contributed by atoms with Crippen molar-refractivity contribution in [3.05, 3.63) is 71.6 Å². The number of aromatic hydroxyl groups is 1. The summed E-state index contributed by atoms with van der Waals surface area (Å²) >= 11 is 5.25. The number of ether oxygens (including phenoxy) is 5. The summed E-state index contributed by atoms with van der Waals surface area (Å²) in [5.74, 6) is -9.48. The van der Waals surface area contributed by atoms with E-state index < -0.39 is 47.0 Å². The number of thiocarbonyl (C=S) groups is 1. The SMILES string of the molecule is C=C(C)c1c(F)c(F)c(F)c(OC(=O)CCOCCOCCOCCOCCN/C=C(/CCCCNC(=S)Nc2ccc(O)cc2)N=N)c1F. The van der Waals surface area contributed by atoms with Gasteiger partial charge in [0.15, 0.2) is 22.6 Å². The van der Waals surface area contributed by atoms with Crippen LogP contribution in [0.3, 0.4) is 0 Å². The van der Waals surface area contributed by atoms with Crippen molar-refractivity contribution in [2.45, 2.75) is 32.6 Å². The van der Waals surface area contributed by atoms with Crippen LogP contribution >= 0.6 is 12.2 Å². The van der Waals surface area contributed by atoms with Crippen molar-refractivity contribution < 1.29 is 51.1 Å². The first-order chi connectivity index (χ1) is 24.0. The summed E-state index contributed by atoms with van der Waals surface area (Å²) in [6.45, 7) is 7.64. The second kappa shape index (κ2) is 24.1. The zero-order valence-corrected chi connectivity index (χ0v) is 28.6. The molecule has 2 rings (SSSR count). The molecule has 0 unspecified atom stereocenters. The highest BCUT2D eigenvalue weighted by Gasteiger charge is 2.28. The molecule has 0 heterocycles. The van der Waals surface area contributed by atoms with E-state index in [1.807, 2.05) is 0 Å². The van der Waals surface area contributed by atoms with Gasteiger partial charge in [0.1, 0.15) is 5.75 Å². The lowest BCUT2D eigenvalue weighted by Gasteiger charge is -2.12. The van der Waals surface area contributed by atoms with Gasteiger partial charge in [0.2, 0.25) is 11.6 Å². The molecule has 50 heavy (non-hydrogen) atoms. The van der Waals surface area contributed by atoms with Gasteiger partial charge < -0.3 is 44.7 Å². The van der Waals surface area contributed by atoms with Gasteiger partial charge in [0, 0.05) is 25.0 Å². The molecule has 0 fully saturated rings. The Kier molecular flexibility index (Phi) is 20.2. The summed E-state index contributed by atoms with van der Waals surface area (Å²) in [7, 11) is 0. The average molecular weight is 730 g/mol. The van der Waals surface area contributed by atoms with Gasteiger partial charge in [-0.15, -0.1) is 0 Å². The van der Waals surface area contributed by atoms with E-state index in [0.29, 0.717) is 56.7 Å². The molecule has 0 aliphatic heterocycles. The van der Waals surface area contributed by atoms with Crippen LogP contribution in [-0.2, 0) is 23.7 Å². The van der Waals surface area contributed by atoms with Crippen LogP contribution in [0, 0.1) is 28.8 Å². The molecule has 0 radical (unpaired) electrons. The Morgan fingerprint density at radius 2 is 1.46 bits per heavy atom. The Morgan fingerprint density at radius 1 is 0.860 bits per heavy atom. The van der Waals surface area contributed by atoms with Crippen molar-refractivity contribution in [3.8, 4) is 11.5 Å². The van der Waals surface area contributed by atoms with Crippen LogP contribution in [0.5, 0.6) is 11.5 Å². The topological polar surface area (TPSA) is 156 Å². The molecular formula is C33H43F4N5O7S. The predicted octanol–water partition coefficient (Wildman–Crippen LogP) is 5.96. The smallest absolute Gasteiger partial charge is 0.313 e. The minimum absolute atomic E-state index is 0.118. The molecule has 0 aromatic heterocycles. The van der Waals surface area contributed by atoms with Crippen molar-refractivity contribution >= 4 is 34.6 Å². The highest BCUT2D eigenvalue weighted by molar-refractivity contribution is 7.80. The Morgan fingerprint density at radius 3 is 2.06 bits per heavy atom. The molecule has 0 atom stereocenters. The van der Waals surface area contributed by atoms with Gasteiger partial charge in [0.05, 0.1) is 70.5 Å². The summed E-state index contributed by atoms with van der Waals surface area (Å²) < 4.78 is 81.9. The maximum atomic E-state index is 14.4. The number of rotatable bonds is 25. The average Bonchev–Trinajstić information content (AvgIpc) is 3.08. The number of carbonyl (C=O) groups is 1. The third kappa shape index (κ3) is 16.0. The molecule has 276 valence electrons. The van der Waals surface area contributed by atoms with Gasteiger partial charge >= 0.3 is 5.97 Å². The van der Waals surface area contributed by atoms with Crippen molar-refractivity contribution in [2.75, 3.05) is 71.3 Å². The van der Waals surface area contributed by atoms with Crippen molar-refractivity contribution in [1.82, 2.24) is 10.6 Å². The lowest BCUT2D eigenvalue weighted by molar-refractivity contribution is -0.136. The first-order valence-corrected chi connectivity index (χ1v) is 16.1. The Hall–Kier alpha value is -4.16. The van der Waals surface area contributed by atoms with Crippen LogP contribution in [0.15, 0.2) is 47.9 Å². The largest absolute Gasteiger partial charge is 0.508 e. The minimum Gasteiger partial charge on any atom is -0.508 e. The maximum Gasteiger partial charge on any atom is 0.313 e. The summed E-state index contributed by atoms with van der Waals surface area (Å²) in [5.41, 5.74) is 7.64. The van der Waals surface area contributed by atoms with Crippen LogP contribution < -0.4 is 20.7 Å². The van der Waals surface area contributed by atoms with Gasteiger partial charge in [-0.1, -0.05) is 6.58 Å². The van der Waals surface area contributed by atoms with Crippen LogP contribution in [0.1, 0.15) is 38.2 Å². The van der Waals surface area contributed by atoms with E-state index in [0.717, 1.165) is 18.5 Å². The molecule has 0 aliphatic rings. The highest BCUT2D eigenvalue weighted by atomic mass is 32.1. The number of nitrogens with one attached hydrogen (secondary N) is 4. The number of hydrogen-bond donors (Lipinski definition) is 5. The van der Waals surface area contributed by atoms with E-state index in [1.165, 1.54) is 6.92 Å². The van der Waals surface area contributed by atoms with Crippen molar-refractivity contribution in [3.63, 3.8) is 0 Å². The zero-order chi connectivity index (χ0) is 36.7. The fraction of sp³-hybridized carbons (Fsp3) is 0.455. The summed E-state index contributed by atoms with van der Waals surface area (Å²) in [6.07, 6.45) is 3.59. The fourth-order valence-electron chi connectivity index (χ4n) is 3.99. The third-order valence-electron chi connectivity index (χ3n) is 6.51. The number of allylic oxidation sites excluding steroid dienone is 2. The number of benzene rings is 2. The minimum atomic E-state index is -1.97.